The fourth-order valence-electron chi connectivity index (χ4n) is 3.28. The van der Waals surface area contributed by atoms with E-state index in [1.54, 1.807) is 41.8 Å². The summed E-state index contributed by atoms with van der Waals surface area (Å²) in [4.78, 5) is 0. The summed E-state index contributed by atoms with van der Waals surface area (Å²) >= 11 is 1.41. The minimum Gasteiger partial charge on any atom is -0.508 e. The molecule has 2 aromatic carbocycles. The predicted molar refractivity (Wildman–Crippen MR) is 94.9 cm³/mol. The highest BCUT2D eigenvalue weighted by Gasteiger charge is 2.32. The Morgan fingerprint density at radius 2 is 1.76 bits per heavy atom. The number of hydrogen-bond acceptors (Lipinski definition) is 4. The van der Waals surface area contributed by atoms with Crippen molar-refractivity contribution in [2.45, 2.75) is 5.92 Å². The van der Waals surface area contributed by atoms with E-state index in [1.807, 2.05) is 5.38 Å². The molecule has 1 aromatic heterocycles. The minimum absolute atomic E-state index is 0.143. The molecule has 0 saturated heterocycles. The Kier molecular flexibility index (Phi) is 3.56. The average Bonchev–Trinajstić information content (AvgIpc) is 3.19. The molecule has 0 bridgehead atoms. The van der Waals surface area contributed by atoms with Crippen LogP contribution < -0.4 is 0 Å². The number of rotatable bonds is 2. The van der Waals surface area contributed by atoms with Gasteiger partial charge in [-0.3, -0.25) is 0 Å². The maximum Gasteiger partial charge on any atom is 0.134 e. The van der Waals surface area contributed by atoms with E-state index >= 15 is 0 Å². The van der Waals surface area contributed by atoms with Crippen LogP contribution in [-0.4, -0.2) is 10.2 Å². The molecule has 0 saturated carbocycles. The number of hydrogen-bond donors (Lipinski definition) is 2. The summed E-state index contributed by atoms with van der Waals surface area (Å²) in [5.41, 5.74) is 4.03. The summed E-state index contributed by atoms with van der Waals surface area (Å²) in [7, 11) is 0. The fraction of sp³-hybridized carbons (Fsp3) is 0.0500. The van der Waals surface area contributed by atoms with Crippen LogP contribution in [-0.2, 0) is 0 Å². The van der Waals surface area contributed by atoms with Crippen molar-refractivity contribution in [1.29, 1.82) is 5.26 Å². The lowest BCUT2D eigenvalue weighted by molar-refractivity contribution is 0.468. The number of halogens is 1. The summed E-state index contributed by atoms with van der Waals surface area (Å²) in [6, 6.07) is 11.5. The standard InChI is InChI=1S/C20H12FNO2S/c21-19-6-14(24)5-17-16(19)7-15(11-1-3-13(23)4-2-11)20(17)18-10-25-9-12(18)8-22/h1-7,9-10,20,23-24H. The van der Waals surface area contributed by atoms with Crippen LogP contribution in [0.1, 0.15) is 33.7 Å². The van der Waals surface area contributed by atoms with Crippen molar-refractivity contribution in [3.63, 3.8) is 0 Å². The first kappa shape index (κ1) is 15.4. The maximum atomic E-state index is 14.4. The lowest BCUT2D eigenvalue weighted by Crippen LogP contribution is -2.02. The van der Waals surface area contributed by atoms with Gasteiger partial charge in [0.15, 0.2) is 0 Å². The van der Waals surface area contributed by atoms with Gasteiger partial charge in [-0.2, -0.15) is 16.6 Å². The van der Waals surface area contributed by atoms with Crippen molar-refractivity contribution >= 4 is 23.0 Å². The van der Waals surface area contributed by atoms with Gasteiger partial charge in [-0.1, -0.05) is 12.1 Å². The quantitative estimate of drug-likeness (QED) is 0.695. The first-order valence-electron chi connectivity index (χ1n) is 7.58. The summed E-state index contributed by atoms with van der Waals surface area (Å²) in [6.07, 6.45) is 1.75. The number of thiophene rings is 1. The normalized spacial score (nSPS) is 15.5. The first-order chi connectivity index (χ1) is 12.1. The topological polar surface area (TPSA) is 64.2 Å². The van der Waals surface area contributed by atoms with E-state index in [2.05, 4.69) is 6.07 Å². The molecule has 0 amide bonds. The highest BCUT2D eigenvalue weighted by molar-refractivity contribution is 7.08. The fourth-order valence-corrected chi connectivity index (χ4v) is 4.08. The van der Waals surface area contributed by atoms with E-state index in [0.29, 0.717) is 16.7 Å². The molecule has 3 nitrogen and oxygen atoms in total. The third-order valence-corrected chi connectivity index (χ3v) is 5.15. The van der Waals surface area contributed by atoms with Gasteiger partial charge in [-0.15, -0.1) is 0 Å². The molecule has 0 aliphatic heterocycles. The largest absolute Gasteiger partial charge is 0.508 e. The first-order valence-corrected chi connectivity index (χ1v) is 8.52. The zero-order valence-corrected chi connectivity index (χ0v) is 13.7. The van der Waals surface area contributed by atoms with Crippen LogP contribution in [0, 0.1) is 17.1 Å². The lowest BCUT2D eigenvalue weighted by atomic mass is 9.85. The van der Waals surface area contributed by atoms with E-state index < -0.39 is 5.82 Å². The van der Waals surface area contributed by atoms with Crippen LogP contribution in [0.15, 0.2) is 47.2 Å². The third kappa shape index (κ3) is 2.48. The van der Waals surface area contributed by atoms with Gasteiger partial charge in [-0.05, 0) is 51.9 Å². The van der Waals surface area contributed by atoms with E-state index in [1.165, 1.54) is 11.3 Å². The molecule has 0 fully saturated rings. The number of nitrogens with zero attached hydrogens (tertiary/aromatic N) is 1. The summed E-state index contributed by atoms with van der Waals surface area (Å²) in [5.74, 6) is -0.839. The maximum absolute atomic E-state index is 14.4. The predicted octanol–water partition coefficient (Wildman–Crippen LogP) is 4.86. The number of phenols is 2. The van der Waals surface area contributed by atoms with Crippen LogP contribution in [0.4, 0.5) is 4.39 Å². The van der Waals surface area contributed by atoms with E-state index in [0.717, 1.165) is 22.8 Å². The smallest absolute Gasteiger partial charge is 0.134 e. The van der Waals surface area contributed by atoms with Gasteiger partial charge in [0.05, 0.1) is 5.56 Å². The third-order valence-electron chi connectivity index (χ3n) is 4.39. The molecule has 1 aliphatic carbocycles. The number of allylic oxidation sites excluding steroid dienone is 1. The summed E-state index contributed by atoms with van der Waals surface area (Å²) < 4.78 is 14.4. The molecule has 25 heavy (non-hydrogen) atoms. The van der Waals surface area contributed by atoms with Crippen LogP contribution in [0.2, 0.25) is 0 Å². The molecule has 1 aliphatic rings. The van der Waals surface area contributed by atoms with Gasteiger partial charge in [0, 0.05) is 22.9 Å². The number of aromatic hydroxyl groups is 2. The van der Waals surface area contributed by atoms with Gasteiger partial charge in [0.1, 0.15) is 23.4 Å². The van der Waals surface area contributed by atoms with Gasteiger partial charge in [0.25, 0.3) is 0 Å². The summed E-state index contributed by atoms with van der Waals surface area (Å²) in [6.45, 7) is 0. The van der Waals surface area contributed by atoms with Crippen LogP contribution in [0.5, 0.6) is 11.5 Å². The van der Waals surface area contributed by atoms with Crippen molar-refractivity contribution < 1.29 is 14.6 Å². The highest BCUT2D eigenvalue weighted by atomic mass is 32.1. The minimum atomic E-state index is -0.498. The van der Waals surface area contributed by atoms with Gasteiger partial charge in [0.2, 0.25) is 0 Å². The van der Waals surface area contributed by atoms with Crippen LogP contribution in [0.25, 0.3) is 11.6 Å². The van der Waals surface area contributed by atoms with E-state index in [4.69, 9.17) is 0 Å². The Labute approximate surface area is 147 Å². The molecule has 1 heterocycles. The molecule has 1 unspecified atom stereocenters. The van der Waals surface area contributed by atoms with Gasteiger partial charge in [-0.25, -0.2) is 4.39 Å². The zero-order chi connectivity index (χ0) is 17.6. The molecule has 0 spiro atoms. The Morgan fingerprint density at radius 3 is 2.48 bits per heavy atom. The van der Waals surface area contributed by atoms with Gasteiger partial charge < -0.3 is 10.2 Å². The second-order valence-electron chi connectivity index (χ2n) is 5.86. The Balaban J connectivity index is 1.96. The SMILES string of the molecule is N#Cc1cscc1C1C(c2ccc(O)cc2)=Cc2c(F)cc(O)cc21. The lowest BCUT2D eigenvalue weighted by Gasteiger charge is -2.17. The molecule has 2 N–H and O–H groups in total. The number of nitriles is 1. The Morgan fingerprint density at radius 1 is 1.00 bits per heavy atom. The van der Waals surface area contributed by atoms with Crippen molar-refractivity contribution in [2.75, 3.05) is 0 Å². The van der Waals surface area contributed by atoms with Crippen molar-refractivity contribution in [3.8, 4) is 17.6 Å². The molecule has 3 aromatic rings. The van der Waals surface area contributed by atoms with E-state index in [9.17, 15) is 19.9 Å². The molecule has 1 atom stereocenters. The number of fused-ring (bicyclic) bond motifs is 1. The van der Waals surface area contributed by atoms with Crippen molar-refractivity contribution in [2.24, 2.45) is 0 Å². The molecular weight excluding hydrogens is 337 g/mol. The van der Waals surface area contributed by atoms with Gasteiger partial charge >= 0.3 is 0 Å². The summed E-state index contributed by atoms with van der Waals surface area (Å²) in [5, 5.41) is 32.4. The van der Waals surface area contributed by atoms with Crippen molar-refractivity contribution in [3.05, 3.63) is 80.8 Å². The van der Waals surface area contributed by atoms with E-state index in [-0.39, 0.29) is 17.4 Å². The van der Waals surface area contributed by atoms with Crippen molar-refractivity contribution in [1.82, 2.24) is 0 Å². The number of phenolic OH excluding ortho intramolecular Hbond substituents is 2. The van der Waals surface area contributed by atoms with Crippen LogP contribution in [0.3, 0.4) is 0 Å². The average molecular weight is 349 g/mol. The molecule has 5 heteroatoms. The molecule has 0 radical (unpaired) electrons. The zero-order valence-electron chi connectivity index (χ0n) is 12.9. The molecule has 122 valence electrons. The van der Waals surface area contributed by atoms with Crippen LogP contribution >= 0.6 is 11.3 Å². The second kappa shape index (κ2) is 5.76. The Bertz CT molecular complexity index is 1040. The molecule has 4 rings (SSSR count). The second-order valence-corrected chi connectivity index (χ2v) is 6.61. The monoisotopic (exact) mass is 349 g/mol. The Hall–Kier alpha value is -3.10. The number of benzene rings is 2. The highest BCUT2D eigenvalue weighted by Crippen LogP contribution is 2.49. The molecular formula is C20H12FNO2S.